The highest BCUT2D eigenvalue weighted by molar-refractivity contribution is 6.04. The predicted octanol–water partition coefficient (Wildman–Crippen LogP) is 7.35. The summed E-state index contributed by atoms with van der Waals surface area (Å²) in [7, 11) is 1.59. The average Bonchev–Trinajstić information content (AvgIpc) is 3.31. The molecule has 0 saturated carbocycles. The van der Waals surface area contributed by atoms with Crippen LogP contribution in [0.5, 0.6) is 5.75 Å². The van der Waals surface area contributed by atoms with Crippen molar-refractivity contribution >= 4 is 11.6 Å². The molecule has 2 fully saturated rings. The molecule has 0 aliphatic carbocycles. The first-order chi connectivity index (χ1) is 19.5. The van der Waals surface area contributed by atoms with E-state index in [4.69, 9.17) is 23.7 Å². The van der Waals surface area contributed by atoms with Gasteiger partial charge in [0.25, 0.3) is 0 Å². The van der Waals surface area contributed by atoms with Gasteiger partial charge in [-0.25, -0.2) is 0 Å². The molecule has 7 nitrogen and oxygen atoms in total. The maximum absolute atomic E-state index is 13.0. The molecule has 42 heavy (non-hydrogen) atoms. The highest BCUT2D eigenvalue weighted by Crippen LogP contribution is 2.47. The van der Waals surface area contributed by atoms with Crippen LogP contribution in [-0.4, -0.2) is 47.1 Å². The van der Waals surface area contributed by atoms with Crippen molar-refractivity contribution in [2.45, 2.75) is 89.9 Å². The van der Waals surface area contributed by atoms with Gasteiger partial charge in [0.1, 0.15) is 17.5 Å². The lowest BCUT2D eigenvalue weighted by Crippen LogP contribution is -2.51. The topological polar surface area (TPSA) is 80.3 Å². The second kappa shape index (κ2) is 11.4. The first-order valence-corrected chi connectivity index (χ1v) is 14.2. The summed E-state index contributed by atoms with van der Waals surface area (Å²) in [6.45, 7) is 14.7. The Morgan fingerprint density at radius 1 is 0.619 bits per heavy atom. The molecule has 0 amide bonds. The van der Waals surface area contributed by atoms with E-state index >= 15 is 0 Å². The Morgan fingerprint density at radius 2 is 1.14 bits per heavy atom. The molecule has 0 N–H and O–H groups in total. The fraction of sp³-hybridized carbons (Fsp3) is 0.429. The van der Waals surface area contributed by atoms with Crippen LogP contribution < -0.4 is 4.74 Å². The zero-order valence-electron chi connectivity index (χ0n) is 26.0. The molecule has 2 aliphatic rings. The van der Waals surface area contributed by atoms with Gasteiger partial charge < -0.3 is 23.7 Å². The molecule has 0 radical (unpaired) electrons. The van der Waals surface area contributed by atoms with Gasteiger partial charge in [0.05, 0.1) is 7.11 Å². The van der Waals surface area contributed by atoms with E-state index in [0.29, 0.717) is 11.1 Å². The normalized spacial score (nSPS) is 27.0. The number of benzene rings is 3. The van der Waals surface area contributed by atoms with Crippen molar-refractivity contribution in [3.05, 3.63) is 102 Å². The molecule has 0 aromatic heterocycles. The molecule has 2 saturated heterocycles. The van der Waals surface area contributed by atoms with Gasteiger partial charge in [0.15, 0.2) is 34.3 Å². The minimum Gasteiger partial charge on any atom is -0.497 e. The Balaban J connectivity index is 0.000000194. The van der Waals surface area contributed by atoms with Crippen molar-refractivity contribution in [3.63, 3.8) is 0 Å². The summed E-state index contributed by atoms with van der Waals surface area (Å²) < 4.78 is 29.0. The van der Waals surface area contributed by atoms with Crippen molar-refractivity contribution in [3.8, 4) is 5.75 Å². The summed E-state index contributed by atoms with van der Waals surface area (Å²) in [4.78, 5) is 25.9. The Morgan fingerprint density at radius 3 is 1.64 bits per heavy atom. The number of ketones is 2. The second-order valence-electron chi connectivity index (χ2n) is 12.4. The van der Waals surface area contributed by atoms with Gasteiger partial charge in [-0.1, -0.05) is 60.7 Å². The number of hydrogen-bond acceptors (Lipinski definition) is 7. The monoisotopic (exact) mass is 574 g/mol. The van der Waals surface area contributed by atoms with Gasteiger partial charge in [-0.15, -0.1) is 0 Å². The SMILES string of the molecule is CC1(C)OC(c2ccccc2)C(C)(C(=O)c2ccccc2)O1.COc1ccc(C(=O)C2(C)OC(C)(C)OC2(C)C)cc1. The summed E-state index contributed by atoms with van der Waals surface area (Å²) in [6.07, 6.45) is -0.434. The van der Waals surface area contributed by atoms with E-state index in [0.717, 1.165) is 11.3 Å². The standard InChI is InChI=1S/C19H20O3.C16H22O4/c1-18(2)21-17(15-12-8-5-9-13-15)19(3,22-18)16(20)14-10-6-4-7-11-14;1-14(2)16(5,20-15(3,4)19-14)13(17)11-7-9-12(18-6)10-8-11/h4-13,17H,1-3H3;7-10H,1-6H3. The van der Waals surface area contributed by atoms with Gasteiger partial charge in [0.2, 0.25) is 0 Å². The number of methoxy groups -OCH3 is 1. The van der Waals surface area contributed by atoms with Crippen molar-refractivity contribution in [1.29, 1.82) is 0 Å². The first-order valence-electron chi connectivity index (χ1n) is 14.2. The number of carbonyl (C=O) groups is 2. The molecule has 3 atom stereocenters. The van der Waals surface area contributed by atoms with Crippen LogP contribution in [0.3, 0.4) is 0 Å². The van der Waals surface area contributed by atoms with Gasteiger partial charge in [-0.2, -0.15) is 0 Å². The Hall–Kier alpha value is -3.36. The fourth-order valence-corrected chi connectivity index (χ4v) is 5.72. The Bertz CT molecular complexity index is 1400. The highest BCUT2D eigenvalue weighted by Gasteiger charge is 2.60. The summed E-state index contributed by atoms with van der Waals surface area (Å²) in [5, 5.41) is 0. The molecule has 0 bridgehead atoms. The van der Waals surface area contributed by atoms with E-state index < -0.39 is 34.5 Å². The molecular formula is C35H42O7. The lowest BCUT2D eigenvalue weighted by Gasteiger charge is -2.33. The molecule has 3 aromatic rings. The van der Waals surface area contributed by atoms with E-state index in [9.17, 15) is 9.59 Å². The Kier molecular flexibility index (Phi) is 8.55. The number of carbonyl (C=O) groups excluding carboxylic acids is 2. The smallest absolute Gasteiger partial charge is 0.197 e. The molecule has 2 aliphatic heterocycles. The minimum absolute atomic E-state index is 0.0625. The number of rotatable bonds is 6. The number of hydrogen-bond donors (Lipinski definition) is 0. The lowest BCUT2D eigenvalue weighted by molar-refractivity contribution is -0.161. The van der Waals surface area contributed by atoms with Crippen LogP contribution in [0, 0.1) is 0 Å². The molecule has 3 aromatic carbocycles. The summed E-state index contributed by atoms with van der Waals surface area (Å²) in [6, 6.07) is 26.0. The molecule has 224 valence electrons. The van der Waals surface area contributed by atoms with Crippen molar-refractivity contribution in [2.24, 2.45) is 0 Å². The van der Waals surface area contributed by atoms with Gasteiger partial charge in [-0.05, 0) is 85.2 Å². The van der Waals surface area contributed by atoms with Crippen LogP contribution in [0.1, 0.15) is 87.8 Å². The van der Waals surface area contributed by atoms with E-state index in [2.05, 4.69) is 0 Å². The van der Waals surface area contributed by atoms with Gasteiger partial charge in [-0.3, -0.25) is 9.59 Å². The third-order valence-electron chi connectivity index (χ3n) is 7.83. The third-order valence-corrected chi connectivity index (χ3v) is 7.83. The van der Waals surface area contributed by atoms with Gasteiger partial charge >= 0.3 is 0 Å². The quantitative estimate of drug-likeness (QED) is 0.285. The maximum Gasteiger partial charge on any atom is 0.197 e. The molecule has 3 unspecified atom stereocenters. The molecule has 0 spiro atoms. The number of ether oxygens (including phenoxy) is 5. The predicted molar refractivity (Wildman–Crippen MR) is 161 cm³/mol. The molecule has 5 rings (SSSR count). The van der Waals surface area contributed by atoms with Crippen LogP contribution in [-0.2, 0) is 18.9 Å². The van der Waals surface area contributed by atoms with E-state index in [1.54, 1.807) is 38.3 Å². The zero-order chi connectivity index (χ0) is 31.0. The number of Topliss-reactive ketones (excluding diaryl/α,β-unsaturated/α-hetero) is 2. The summed E-state index contributed by atoms with van der Waals surface area (Å²) in [5.41, 5.74) is -0.611. The van der Waals surface area contributed by atoms with Crippen LogP contribution in [0.2, 0.25) is 0 Å². The second-order valence-corrected chi connectivity index (χ2v) is 12.4. The molecule has 2 heterocycles. The van der Waals surface area contributed by atoms with E-state index in [1.165, 1.54) is 0 Å². The van der Waals surface area contributed by atoms with Crippen LogP contribution >= 0.6 is 0 Å². The van der Waals surface area contributed by atoms with Gasteiger partial charge in [0, 0.05) is 11.1 Å². The summed E-state index contributed by atoms with van der Waals surface area (Å²) in [5.74, 6) is -1.02. The zero-order valence-corrected chi connectivity index (χ0v) is 26.0. The van der Waals surface area contributed by atoms with Crippen LogP contribution in [0.25, 0.3) is 0 Å². The minimum atomic E-state index is -1.05. The van der Waals surface area contributed by atoms with Crippen LogP contribution in [0.4, 0.5) is 0 Å². The average molecular weight is 575 g/mol. The third kappa shape index (κ3) is 6.20. The molecular weight excluding hydrogens is 532 g/mol. The maximum atomic E-state index is 13.0. The van der Waals surface area contributed by atoms with E-state index in [-0.39, 0.29) is 11.6 Å². The first kappa shape index (κ1) is 31.6. The summed E-state index contributed by atoms with van der Waals surface area (Å²) >= 11 is 0. The van der Waals surface area contributed by atoms with E-state index in [1.807, 2.05) is 109 Å². The van der Waals surface area contributed by atoms with Crippen molar-refractivity contribution in [1.82, 2.24) is 0 Å². The van der Waals surface area contributed by atoms with Crippen LogP contribution in [0.15, 0.2) is 84.9 Å². The Labute approximate surface area is 249 Å². The van der Waals surface area contributed by atoms with Crippen molar-refractivity contribution < 1.29 is 33.3 Å². The largest absolute Gasteiger partial charge is 0.497 e. The molecule has 7 heteroatoms. The fourth-order valence-electron chi connectivity index (χ4n) is 5.72. The van der Waals surface area contributed by atoms with Crippen molar-refractivity contribution in [2.75, 3.05) is 7.11 Å². The lowest BCUT2D eigenvalue weighted by atomic mass is 9.81. The highest BCUT2D eigenvalue weighted by atomic mass is 16.8.